The third-order valence-corrected chi connectivity index (χ3v) is 8.44. The van der Waals surface area contributed by atoms with Crippen molar-refractivity contribution in [2.24, 2.45) is 5.92 Å². The number of rotatable bonds is 6. The van der Waals surface area contributed by atoms with E-state index in [1.54, 1.807) is 12.1 Å². The summed E-state index contributed by atoms with van der Waals surface area (Å²) < 4.78 is 39.8. The van der Waals surface area contributed by atoms with Gasteiger partial charge in [0.25, 0.3) is 5.91 Å². The molecule has 0 aromatic heterocycles. The van der Waals surface area contributed by atoms with Crippen LogP contribution in [0.1, 0.15) is 63.4 Å². The zero-order chi connectivity index (χ0) is 36.8. The lowest BCUT2D eigenvalue weighted by atomic mass is 10.1. The van der Waals surface area contributed by atoms with Gasteiger partial charge in [0.05, 0.1) is 27.9 Å². The number of anilines is 3. The third-order valence-electron chi connectivity index (χ3n) is 6.74. The van der Waals surface area contributed by atoms with Gasteiger partial charge in [0.2, 0.25) is 5.91 Å². The lowest BCUT2D eigenvalue weighted by Gasteiger charge is -2.29. The predicted octanol–water partition coefficient (Wildman–Crippen LogP) is 10.4. The van der Waals surface area contributed by atoms with Gasteiger partial charge < -0.3 is 20.1 Å². The molecule has 0 bridgehead atoms. The van der Waals surface area contributed by atoms with Crippen molar-refractivity contribution >= 4 is 99.1 Å². The highest BCUT2D eigenvalue weighted by atomic mass is 35.5. The van der Waals surface area contributed by atoms with E-state index in [4.69, 9.17) is 67.5 Å². The quantitative estimate of drug-likeness (QED) is 0.241. The second kappa shape index (κ2) is 14.1. The van der Waals surface area contributed by atoms with Crippen LogP contribution in [0.25, 0.3) is 0 Å². The number of halogens is 7. The van der Waals surface area contributed by atoms with Crippen LogP contribution in [0, 0.1) is 17.6 Å². The largest absolute Gasteiger partial charge is 0.443 e. The van der Waals surface area contributed by atoms with E-state index in [0.29, 0.717) is 27.7 Å². The number of carbonyl (C=O) groups is 4. The Morgan fingerprint density at radius 3 is 1.86 bits per heavy atom. The Morgan fingerprint density at radius 1 is 0.776 bits per heavy atom. The van der Waals surface area contributed by atoms with Crippen LogP contribution in [0.4, 0.5) is 35.4 Å². The van der Waals surface area contributed by atoms with Gasteiger partial charge in [0, 0.05) is 33.8 Å². The maximum Gasteiger partial charge on any atom is 0.424 e. The Balaban J connectivity index is 1.56. The van der Waals surface area contributed by atoms with Crippen molar-refractivity contribution in [3.8, 4) is 0 Å². The van der Waals surface area contributed by atoms with Crippen LogP contribution in [0.15, 0.2) is 48.5 Å². The average molecular weight is 780 g/mol. The van der Waals surface area contributed by atoms with Gasteiger partial charge in [-0.25, -0.2) is 18.4 Å². The first-order chi connectivity index (χ1) is 22.5. The van der Waals surface area contributed by atoms with Gasteiger partial charge in [-0.3, -0.25) is 9.59 Å². The van der Waals surface area contributed by atoms with E-state index in [1.807, 2.05) is 0 Å². The molecule has 16 heteroatoms. The Bertz CT molecular complexity index is 1800. The van der Waals surface area contributed by atoms with E-state index in [1.165, 1.54) is 65.8 Å². The molecule has 0 spiro atoms. The molecule has 4 rings (SSSR count). The number of nitrogens with one attached hydrogen (secondary N) is 2. The van der Waals surface area contributed by atoms with E-state index in [9.17, 15) is 19.2 Å². The standard InChI is InChI=1S/C33H30Cl5F2N3O6/c1-31(2,3)48-29(46)43(30(47)49-32(4,5)6)24-14-21(39)23(13-22(24)40)42-27(44)19-12-18(7-8-20(19)36)41-28(45)26-25(33(26,37)38)15-9-16(34)11-17(35)10-15/h7-14,25-26H,1-6H3,(H,41,45)(H,42,44)/t25?,26-/m1/s1. The molecular weight excluding hydrogens is 750 g/mol. The summed E-state index contributed by atoms with van der Waals surface area (Å²) in [5.74, 6) is -5.59. The molecule has 0 saturated heterocycles. The Labute approximate surface area is 306 Å². The first-order valence-electron chi connectivity index (χ1n) is 14.5. The van der Waals surface area contributed by atoms with Crippen LogP contribution in [0.5, 0.6) is 0 Å². The first-order valence-corrected chi connectivity index (χ1v) is 16.4. The number of ether oxygens (including phenoxy) is 2. The molecule has 1 aliphatic carbocycles. The molecule has 262 valence electrons. The smallest absolute Gasteiger partial charge is 0.424 e. The number of hydrogen-bond acceptors (Lipinski definition) is 6. The Kier molecular flexibility index (Phi) is 11.1. The second-order valence-corrected chi connectivity index (χ2v) is 15.8. The number of imide groups is 1. The van der Waals surface area contributed by atoms with Crippen molar-refractivity contribution in [2.75, 3.05) is 15.5 Å². The molecule has 9 nitrogen and oxygen atoms in total. The molecule has 2 N–H and O–H groups in total. The van der Waals surface area contributed by atoms with Gasteiger partial charge in [-0.15, -0.1) is 23.2 Å². The van der Waals surface area contributed by atoms with E-state index in [0.717, 1.165) is 0 Å². The van der Waals surface area contributed by atoms with Crippen LogP contribution >= 0.6 is 58.0 Å². The molecule has 0 heterocycles. The van der Waals surface area contributed by atoms with E-state index in [-0.39, 0.29) is 21.2 Å². The maximum atomic E-state index is 15.5. The topological polar surface area (TPSA) is 114 Å². The predicted molar refractivity (Wildman–Crippen MR) is 186 cm³/mol. The fourth-order valence-electron chi connectivity index (χ4n) is 4.70. The minimum Gasteiger partial charge on any atom is -0.443 e. The van der Waals surface area contributed by atoms with Gasteiger partial charge in [0.1, 0.15) is 27.2 Å². The second-order valence-electron chi connectivity index (χ2n) is 13.1. The molecule has 1 aliphatic rings. The van der Waals surface area contributed by atoms with Gasteiger partial charge >= 0.3 is 12.2 Å². The number of amides is 4. The minimum atomic E-state index is -1.47. The third kappa shape index (κ3) is 9.26. The number of carbonyl (C=O) groups excluding carboxylic acids is 4. The minimum absolute atomic E-state index is 0.0871. The highest BCUT2D eigenvalue weighted by molar-refractivity contribution is 6.53. The molecule has 4 amide bonds. The van der Waals surface area contributed by atoms with Gasteiger partial charge in [-0.1, -0.05) is 34.8 Å². The SMILES string of the molecule is CC(C)(C)OC(=O)N(C(=O)OC(C)(C)C)c1cc(F)c(NC(=O)c2cc(NC(=O)[C@H]3C(c4cc(Cl)cc(Cl)c4)C3(Cl)Cl)ccc2Cl)cc1F. The normalized spacial score (nSPS) is 16.8. The zero-order valence-corrected chi connectivity index (χ0v) is 30.6. The molecule has 1 fully saturated rings. The Hall–Kier alpha value is -3.35. The molecule has 1 unspecified atom stereocenters. The summed E-state index contributed by atoms with van der Waals surface area (Å²) in [7, 11) is 0. The fraction of sp³-hybridized carbons (Fsp3) is 0.333. The molecule has 3 aromatic rings. The number of hydrogen-bond donors (Lipinski definition) is 2. The molecule has 1 saturated carbocycles. The van der Waals surface area contributed by atoms with E-state index in [2.05, 4.69) is 10.6 Å². The van der Waals surface area contributed by atoms with Crippen molar-refractivity contribution in [3.63, 3.8) is 0 Å². The summed E-state index contributed by atoms with van der Waals surface area (Å²) in [4.78, 5) is 52.4. The molecule has 0 radical (unpaired) electrons. The average Bonchev–Trinajstić information content (AvgIpc) is 3.51. The maximum absolute atomic E-state index is 15.5. The van der Waals surface area contributed by atoms with Crippen molar-refractivity contribution in [3.05, 3.63) is 86.4 Å². The number of alkyl halides is 2. The monoisotopic (exact) mass is 777 g/mol. The molecule has 0 aliphatic heterocycles. The molecule has 2 atom stereocenters. The number of benzene rings is 3. The van der Waals surface area contributed by atoms with Crippen LogP contribution in [-0.2, 0) is 14.3 Å². The number of nitrogens with zero attached hydrogens (tertiary/aromatic N) is 1. The van der Waals surface area contributed by atoms with E-state index < -0.39 is 74.4 Å². The lowest BCUT2D eigenvalue weighted by Crippen LogP contribution is -2.44. The van der Waals surface area contributed by atoms with Crippen LogP contribution in [0.3, 0.4) is 0 Å². The fourth-order valence-corrected chi connectivity index (χ4v) is 6.27. The lowest BCUT2D eigenvalue weighted by molar-refractivity contribution is -0.117. The molecular formula is C33H30Cl5F2N3O6. The summed E-state index contributed by atoms with van der Waals surface area (Å²) in [5, 5.41) is 5.42. The molecule has 3 aromatic carbocycles. The van der Waals surface area contributed by atoms with Crippen molar-refractivity contribution < 1.29 is 37.4 Å². The van der Waals surface area contributed by atoms with Gasteiger partial charge in [-0.2, -0.15) is 4.90 Å². The summed E-state index contributed by atoms with van der Waals surface area (Å²) in [5.41, 5.74) is -3.23. The summed E-state index contributed by atoms with van der Waals surface area (Å²) in [6.45, 7) is 9.10. The van der Waals surface area contributed by atoms with Crippen LogP contribution in [0.2, 0.25) is 15.1 Å². The van der Waals surface area contributed by atoms with Crippen molar-refractivity contribution in [2.45, 2.75) is 63.0 Å². The van der Waals surface area contributed by atoms with Gasteiger partial charge in [0.15, 0.2) is 0 Å². The van der Waals surface area contributed by atoms with E-state index >= 15 is 8.78 Å². The van der Waals surface area contributed by atoms with Crippen LogP contribution in [-0.4, -0.2) is 39.5 Å². The summed E-state index contributed by atoms with van der Waals surface area (Å²) >= 11 is 31.3. The highest BCUT2D eigenvalue weighted by Gasteiger charge is 2.67. The summed E-state index contributed by atoms with van der Waals surface area (Å²) in [6, 6.07) is 9.73. The highest BCUT2D eigenvalue weighted by Crippen LogP contribution is 2.65. The Morgan fingerprint density at radius 2 is 1.33 bits per heavy atom. The summed E-state index contributed by atoms with van der Waals surface area (Å²) in [6.07, 6.45) is -2.64. The van der Waals surface area contributed by atoms with Gasteiger partial charge in [-0.05, 0) is 83.5 Å². The zero-order valence-electron chi connectivity index (χ0n) is 26.8. The van der Waals surface area contributed by atoms with Crippen molar-refractivity contribution in [1.29, 1.82) is 0 Å². The van der Waals surface area contributed by atoms with Crippen LogP contribution < -0.4 is 15.5 Å². The van der Waals surface area contributed by atoms with Crippen molar-refractivity contribution in [1.82, 2.24) is 0 Å². The first kappa shape index (κ1) is 38.5. The molecule has 49 heavy (non-hydrogen) atoms.